The molecule has 5 nitrogen and oxygen atoms in total. The van der Waals surface area contributed by atoms with E-state index in [2.05, 4.69) is 27.7 Å². The molecule has 0 aliphatic heterocycles. The first-order valence-corrected chi connectivity index (χ1v) is 6.99. The Morgan fingerprint density at radius 2 is 2.20 bits per heavy atom. The van der Waals surface area contributed by atoms with Crippen molar-refractivity contribution in [2.75, 3.05) is 0 Å². The first-order valence-electron chi connectivity index (χ1n) is 5.77. The van der Waals surface area contributed by atoms with Gasteiger partial charge in [0.25, 0.3) is 0 Å². The van der Waals surface area contributed by atoms with Crippen LogP contribution in [0.4, 0.5) is 0 Å². The van der Waals surface area contributed by atoms with Gasteiger partial charge in [0.05, 0.1) is 16.4 Å². The second-order valence-corrected chi connectivity index (χ2v) is 5.39. The Morgan fingerprint density at radius 3 is 3.00 bits per heavy atom. The Kier molecular flexibility index (Phi) is 3.44. The van der Waals surface area contributed by atoms with Crippen LogP contribution in [0.2, 0.25) is 0 Å². The lowest BCUT2D eigenvalue weighted by molar-refractivity contribution is 0.574. The zero-order valence-electron chi connectivity index (χ0n) is 10.2. The van der Waals surface area contributed by atoms with Crippen LogP contribution in [0.15, 0.2) is 45.9 Å². The van der Waals surface area contributed by atoms with Gasteiger partial charge in [-0.25, -0.2) is 4.98 Å². The van der Waals surface area contributed by atoms with E-state index in [-0.39, 0.29) is 5.11 Å². The SMILES string of the molecule is NC(=S)N/N=C/c1ccc(-c2nc3ccccc3s2)o1. The summed E-state index contributed by atoms with van der Waals surface area (Å²) in [6.07, 6.45) is 1.51. The van der Waals surface area contributed by atoms with Crippen LogP contribution in [-0.2, 0) is 0 Å². The number of thiazole rings is 1. The van der Waals surface area contributed by atoms with E-state index in [1.54, 1.807) is 11.3 Å². The summed E-state index contributed by atoms with van der Waals surface area (Å²) in [6, 6.07) is 11.6. The molecule has 0 bridgehead atoms. The van der Waals surface area contributed by atoms with Gasteiger partial charge in [0, 0.05) is 0 Å². The van der Waals surface area contributed by atoms with Crippen molar-refractivity contribution in [3.8, 4) is 10.8 Å². The minimum atomic E-state index is 0.110. The van der Waals surface area contributed by atoms with Crippen LogP contribution in [0.3, 0.4) is 0 Å². The van der Waals surface area contributed by atoms with Gasteiger partial charge in [-0.15, -0.1) is 11.3 Å². The molecular formula is C13H10N4OS2. The number of nitrogens with one attached hydrogen (secondary N) is 1. The summed E-state index contributed by atoms with van der Waals surface area (Å²) in [5.74, 6) is 1.31. The second-order valence-electron chi connectivity index (χ2n) is 3.92. The van der Waals surface area contributed by atoms with Crippen LogP contribution in [0, 0.1) is 0 Å². The standard InChI is InChI=1S/C13H10N4OS2/c14-13(19)17-15-7-8-5-6-10(18-8)12-16-9-3-1-2-4-11(9)20-12/h1-7H,(H3,14,17,19)/b15-7+. The van der Waals surface area contributed by atoms with Crippen LogP contribution in [0.25, 0.3) is 21.0 Å². The quantitative estimate of drug-likeness (QED) is 0.442. The van der Waals surface area contributed by atoms with Gasteiger partial charge in [-0.05, 0) is 36.5 Å². The van der Waals surface area contributed by atoms with Gasteiger partial charge in [0.15, 0.2) is 15.9 Å². The fourth-order valence-electron chi connectivity index (χ4n) is 1.67. The molecule has 0 saturated carbocycles. The fraction of sp³-hybridized carbons (Fsp3) is 0. The number of para-hydroxylation sites is 1. The van der Waals surface area contributed by atoms with Crippen molar-refractivity contribution in [3.63, 3.8) is 0 Å². The highest BCUT2D eigenvalue weighted by Gasteiger charge is 2.09. The van der Waals surface area contributed by atoms with Crippen LogP contribution in [-0.4, -0.2) is 16.3 Å². The molecule has 0 aliphatic carbocycles. The fourth-order valence-corrected chi connectivity index (χ4v) is 2.65. The van der Waals surface area contributed by atoms with Crippen molar-refractivity contribution < 1.29 is 4.42 Å². The maximum Gasteiger partial charge on any atom is 0.184 e. The number of nitrogens with two attached hydrogens (primary N) is 1. The van der Waals surface area contributed by atoms with Gasteiger partial charge in [-0.3, -0.25) is 5.43 Å². The summed E-state index contributed by atoms with van der Waals surface area (Å²) in [7, 11) is 0. The Labute approximate surface area is 124 Å². The summed E-state index contributed by atoms with van der Waals surface area (Å²) in [4.78, 5) is 4.53. The maximum atomic E-state index is 5.66. The monoisotopic (exact) mass is 302 g/mol. The summed E-state index contributed by atoms with van der Waals surface area (Å²) >= 11 is 6.23. The van der Waals surface area contributed by atoms with Gasteiger partial charge in [0.2, 0.25) is 0 Å². The molecule has 0 radical (unpaired) electrons. The van der Waals surface area contributed by atoms with E-state index < -0.39 is 0 Å². The third-order valence-corrected chi connectivity index (χ3v) is 3.64. The minimum absolute atomic E-state index is 0.110. The average Bonchev–Trinajstić information content (AvgIpc) is 3.03. The topological polar surface area (TPSA) is 76.4 Å². The second kappa shape index (κ2) is 5.40. The number of hydrogen-bond acceptors (Lipinski definition) is 5. The lowest BCUT2D eigenvalue weighted by Crippen LogP contribution is -2.23. The number of rotatable bonds is 3. The molecule has 0 unspecified atom stereocenters. The van der Waals surface area contributed by atoms with Crippen molar-refractivity contribution in [1.29, 1.82) is 0 Å². The summed E-state index contributed by atoms with van der Waals surface area (Å²) in [6.45, 7) is 0. The molecular weight excluding hydrogens is 292 g/mol. The number of thiocarbonyl (C=S) groups is 1. The first-order chi connectivity index (χ1) is 9.72. The van der Waals surface area contributed by atoms with Crippen molar-refractivity contribution in [3.05, 3.63) is 42.2 Å². The molecule has 3 N–H and O–H groups in total. The minimum Gasteiger partial charge on any atom is -0.453 e. The maximum absolute atomic E-state index is 5.66. The Morgan fingerprint density at radius 1 is 1.35 bits per heavy atom. The third-order valence-electron chi connectivity index (χ3n) is 2.50. The molecule has 7 heteroatoms. The molecule has 0 atom stereocenters. The summed E-state index contributed by atoms with van der Waals surface area (Å²) in [5, 5.41) is 4.79. The zero-order chi connectivity index (χ0) is 13.9. The van der Waals surface area contributed by atoms with Crippen molar-refractivity contribution in [2.45, 2.75) is 0 Å². The van der Waals surface area contributed by atoms with Gasteiger partial charge < -0.3 is 10.2 Å². The van der Waals surface area contributed by atoms with Gasteiger partial charge in [-0.2, -0.15) is 5.10 Å². The molecule has 2 heterocycles. The molecule has 0 spiro atoms. The normalized spacial score (nSPS) is 11.2. The summed E-state index contributed by atoms with van der Waals surface area (Å²) < 4.78 is 6.78. The molecule has 0 saturated heterocycles. The van der Waals surface area contributed by atoms with Crippen LogP contribution in [0.1, 0.15) is 5.76 Å². The number of hydrogen-bond donors (Lipinski definition) is 2. The van der Waals surface area contributed by atoms with Crippen LogP contribution >= 0.6 is 23.6 Å². The smallest absolute Gasteiger partial charge is 0.184 e. The summed E-state index contributed by atoms with van der Waals surface area (Å²) in [5.41, 5.74) is 8.70. The van der Waals surface area contributed by atoms with E-state index in [0.717, 1.165) is 15.2 Å². The van der Waals surface area contributed by atoms with E-state index >= 15 is 0 Å². The Balaban J connectivity index is 1.85. The number of nitrogens with zero attached hydrogens (tertiary/aromatic N) is 2. The third kappa shape index (κ3) is 2.68. The van der Waals surface area contributed by atoms with Gasteiger partial charge >= 0.3 is 0 Å². The van der Waals surface area contributed by atoms with E-state index in [9.17, 15) is 0 Å². The van der Waals surface area contributed by atoms with Crippen LogP contribution in [0.5, 0.6) is 0 Å². The lowest BCUT2D eigenvalue weighted by atomic mass is 10.3. The molecule has 0 fully saturated rings. The van der Waals surface area contributed by atoms with Crippen LogP contribution < -0.4 is 11.2 Å². The average molecular weight is 302 g/mol. The first kappa shape index (κ1) is 12.8. The Hall–Kier alpha value is -2.25. The number of hydrazone groups is 1. The predicted molar refractivity (Wildman–Crippen MR) is 84.8 cm³/mol. The largest absolute Gasteiger partial charge is 0.453 e. The lowest BCUT2D eigenvalue weighted by Gasteiger charge is -1.92. The van der Waals surface area contributed by atoms with E-state index in [1.807, 2.05) is 36.4 Å². The van der Waals surface area contributed by atoms with E-state index in [4.69, 9.17) is 10.2 Å². The zero-order valence-corrected chi connectivity index (χ0v) is 11.9. The van der Waals surface area contributed by atoms with E-state index in [0.29, 0.717) is 11.5 Å². The highest BCUT2D eigenvalue weighted by atomic mass is 32.1. The van der Waals surface area contributed by atoms with Gasteiger partial charge in [0.1, 0.15) is 5.76 Å². The molecule has 0 amide bonds. The number of aromatic nitrogens is 1. The molecule has 1 aromatic carbocycles. The molecule has 2 aromatic heterocycles. The number of furan rings is 1. The molecule has 3 aromatic rings. The van der Waals surface area contributed by atoms with E-state index in [1.165, 1.54) is 6.21 Å². The van der Waals surface area contributed by atoms with Crippen molar-refractivity contribution in [2.24, 2.45) is 10.8 Å². The van der Waals surface area contributed by atoms with Gasteiger partial charge in [-0.1, -0.05) is 12.1 Å². The predicted octanol–water partition coefficient (Wildman–Crippen LogP) is 2.72. The molecule has 3 rings (SSSR count). The van der Waals surface area contributed by atoms with Crippen molar-refractivity contribution in [1.82, 2.24) is 10.4 Å². The number of fused-ring (bicyclic) bond motifs is 1. The Bertz CT molecular complexity index is 757. The van der Waals surface area contributed by atoms with Crippen molar-refractivity contribution >= 4 is 45.1 Å². The number of benzene rings is 1. The molecule has 100 valence electrons. The highest BCUT2D eigenvalue weighted by molar-refractivity contribution is 7.80. The molecule has 20 heavy (non-hydrogen) atoms. The molecule has 0 aliphatic rings. The highest BCUT2D eigenvalue weighted by Crippen LogP contribution is 2.30.